The Hall–Kier alpha value is -3.02. The highest BCUT2D eigenvalue weighted by Gasteiger charge is 2.13. The Morgan fingerprint density at radius 2 is 1.93 bits per heavy atom. The number of hydrogen-bond acceptors (Lipinski definition) is 5. The van der Waals surface area contributed by atoms with Crippen molar-refractivity contribution in [1.29, 1.82) is 0 Å². The predicted octanol–water partition coefficient (Wildman–Crippen LogP) is 4.99. The number of fused-ring (bicyclic) bond motifs is 1. The van der Waals surface area contributed by atoms with Crippen LogP contribution in [0.25, 0.3) is 11.1 Å². The molecule has 0 unspecified atom stereocenters. The van der Waals surface area contributed by atoms with E-state index in [0.29, 0.717) is 18.4 Å². The van der Waals surface area contributed by atoms with Gasteiger partial charge in [0, 0.05) is 13.1 Å². The Morgan fingerprint density at radius 3 is 2.71 bits per heavy atom. The van der Waals surface area contributed by atoms with Crippen molar-refractivity contribution in [3.05, 3.63) is 54.1 Å². The summed E-state index contributed by atoms with van der Waals surface area (Å²) in [5.74, 6) is -0.364. The molecular weight excluding hydrogens is 356 g/mol. The molecule has 0 amide bonds. The Labute approximate surface area is 164 Å². The van der Waals surface area contributed by atoms with Crippen molar-refractivity contribution in [3.63, 3.8) is 0 Å². The van der Waals surface area contributed by atoms with Crippen molar-refractivity contribution in [2.24, 2.45) is 0 Å². The molecule has 0 saturated carbocycles. The van der Waals surface area contributed by atoms with Crippen molar-refractivity contribution in [2.75, 3.05) is 24.6 Å². The Bertz CT molecular complexity index is 873. The molecule has 6 heteroatoms. The smallest absolute Gasteiger partial charge is 0.335 e. The number of aromatic nitrogens is 1. The summed E-state index contributed by atoms with van der Waals surface area (Å²) in [6.07, 6.45) is 3.98. The number of anilines is 1. The lowest BCUT2D eigenvalue weighted by Gasteiger charge is -2.20. The summed E-state index contributed by atoms with van der Waals surface area (Å²) in [6.45, 7) is 4.46. The second-order valence-corrected chi connectivity index (χ2v) is 6.69. The molecule has 3 aromatic rings. The molecule has 148 valence electrons. The fraction of sp³-hybridized carbons (Fsp3) is 0.364. The molecule has 2 aromatic carbocycles. The average molecular weight is 382 g/mol. The first-order valence-electron chi connectivity index (χ1n) is 9.74. The highest BCUT2D eigenvalue weighted by molar-refractivity contribution is 5.88. The Morgan fingerprint density at radius 1 is 1.11 bits per heavy atom. The summed E-state index contributed by atoms with van der Waals surface area (Å²) in [5, 5.41) is 9.04. The van der Waals surface area contributed by atoms with Gasteiger partial charge in [-0.25, -0.2) is 4.79 Å². The van der Waals surface area contributed by atoms with Crippen LogP contribution in [0.2, 0.25) is 0 Å². The van der Waals surface area contributed by atoms with Crippen molar-refractivity contribution < 1.29 is 19.1 Å². The van der Waals surface area contributed by atoms with Crippen molar-refractivity contribution in [1.82, 2.24) is 4.98 Å². The maximum Gasteiger partial charge on any atom is 0.335 e. The summed E-state index contributed by atoms with van der Waals surface area (Å²) in [7, 11) is 0. The second kappa shape index (κ2) is 9.78. The van der Waals surface area contributed by atoms with E-state index in [1.807, 2.05) is 24.3 Å². The van der Waals surface area contributed by atoms with Crippen LogP contribution in [-0.4, -0.2) is 35.8 Å². The molecule has 0 aliphatic carbocycles. The van der Waals surface area contributed by atoms with E-state index in [9.17, 15) is 4.79 Å². The molecular formula is C22H26N2O4. The number of rotatable bonds is 11. The second-order valence-electron chi connectivity index (χ2n) is 6.69. The van der Waals surface area contributed by atoms with Gasteiger partial charge in [-0.1, -0.05) is 31.5 Å². The first-order chi connectivity index (χ1) is 13.7. The molecule has 0 fully saturated rings. The minimum absolute atomic E-state index is 0.235. The third kappa shape index (κ3) is 5.25. The van der Waals surface area contributed by atoms with Gasteiger partial charge in [-0.05, 0) is 49.6 Å². The minimum atomic E-state index is -0.949. The molecule has 0 spiro atoms. The van der Waals surface area contributed by atoms with Crippen LogP contribution < -0.4 is 9.64 Å². The van der Waals surface area contributed by atoms with E-state index < -0.39 is 5.97 Å². The number of nitrogens with zero attached hydrogens (tertiary/aromatic N) is 2. The van der Waals surface area contributed by atoms with E-state index in [1.165, 1.54) is 0 Å². The van der Waals surface area contributed by atoms with Gasteiger partial charge in [-0.3, -0.25) is 0 Å². The van der Waals surface area contributed by atoms with Crippen LogP contribution in [0.3, 0.4) is 0 Å². The lowest BCUT2D eigenvalue weighted by atomic mass is 10.2. The number of carboxylic acid groups (broad SMARTS) is 1. The fourth-order valence-corrected chi connectivity index (χ4v) is 2.96. The van der Waals surface area contributed by atoms with E-state index in [4.69, 9.17) is 14.3 Å². The Kier molecular flexibility index (Phi) is 6.89. The lowest BCUT2D eigenvalue weighted by molar-refractivity contribution is 0.0696. The fourth-order valence-electron chi connectivity index (χ4n) is 2.96. The number of hydrogen-bond donors (Lipinski definition) is 1. The van der Waals surface area contributed by atoms with Crippen LogP contribution in [0.5, 0.6) is 5.75 Å². The van der Waals surface area contributed by atoms with Crippen LogP contribution >= 0.6 is 0 Å². The molecule has 0 radical (unpaired) electrons. The number of para-hydroxylation sites is 2. The summed E-state index contributed by atoms with van der Waals surface area (Å²) in [4.78, 5) is 17.8. The molecule has 0 bridgehead atoms. The quantitative estimate of drug-likeness (QED) is 0.471. The number of aromatic carboxylic acids is 1. The lowest BCUT2D eigenvalue weighted by Crippen LogP contribution is -2.26. The van der Waals surface area contributed by atoms with Gasteiger partial charge in [0.1, 0.15) is 11.3 Å². The molecule has 1 N–H and O–H groups in total. The molecule has 1 heterocycles. The molecule has 0 aliphatic rings. The van der Waals surface area contributed by atoms with Gasteiger partial charge in [-0.2, -0.15) is 4.98 Å². The summed E-state index contributed by atoms with van der Waals surface area (Å²) >= 11 is 0. The maximum absolute atomic E-state index is 11.0. The third-order valence-electron chi connectivity index (χ3n) is 4.51. The normalized spacial score (nSPS) is 10.9. The maximum atomic E-state index is 11.0. The first kappa shape index (κ1) is 19.7. The van der Waals surface area contributed by atoms with Crippen LogP contribution in [0, 0.1) is 0 Å². The van der Waals surface area contributed by atoms with E-state index in [-0.39, 0.29) is 5.56 Å². The van der Waals surface area contributed by atoms with Crippen LogP contribution in [-0.2, 0) is 0 Å². The van der Waals surface area contributed by atoms with Crippen molar-refractivity contribution >= 4 is 23.1 Å². The summed E-state index contributed by atoms with van der Waals surface area (Å²) in [5.41, 5.74) is 1.92. The number of oxazole rings is 1. The minimum Gasteiger partial charge on any atom is -0.494 e. The van der Waals surface area contributed by atoms with Gasteiger partial charge in [0.2, 0.25) is 0 Å². The molecule has 0 saturated heterocycles. The number of benzene rings is 2. The number of ether oxygens (including phenoxy) is 1. The molecule has 1 aromatic heterocycles. The van der Waals surface area contributed by atoms with Crippen LogP contribution in [0.1, 0.15) is 43.0 Å². The number of carboxylic acids is 1. The van der Waals surface area contributed by atoms with Gasteiger partial charge in [0.15, 0.2) is 5.58 Å². The van der Waals surface area contributed by atoms with Crippen LogP contribution in [0.4, 0.5) is 6.01 Å². The van der Waals surface area contributed by atoms with Crippen molar-refractivity contribution in [2.45, 2.75) is 32.6 Å². The highest BCUT2D eigenvalue weighted by Crippen LogP contribution is 2.22. The number of carbonyl (C=O) groups is 1. The van der Waals surface area contributed by atoms with E-state index in [1.54, 1.807) is 24.3 Å². The van der Waals surface area contributed by atoms with E-state index in [0.717, 1.165) is 49.9 Å². The van der Waals surface area contributed by atoms with Gasteiger partial charge in [0.05, 0.1) is 12.2 Å². The van der Waals surface area contributed by atoms with E-state index >= 15 is 0 Å². The summed E-state index contributed by atoms with van der Waals surface area (Å²) < 4.78 is 11.6. The van der Waals surface area contributed by atoms with Crippen molar-refractivity contribution in [3.8, 4) is 5.75 Å². The van der Waals surface area contributed by atoms with Crippen LogP contribution in [0.15, 0.2) is 52.9 Å². The SMILES string of the molecule is CCCCN(CCCCOc1cccc(C(=O)O)c1)c1nc2ccccc2o1. The third-order valence-corrected chi connectivity index (χ3v) is 4.51. The monoisotopic (exact) mass is 382 g/mol. The largest absolute Gasteiger partial charge is 0.494 e. The first-order valence-corrected chi connectivity index (χ1v) is 9.74. The Balaban J connectivity index is 1.51. The molecule has 0 aliphatic heterocycles. The highest BCUT2D eigenvalue weighted by atomic mass is 16.5. The topological polar surface area (TPSA) is 75.8 Å². The molecule has 3 rings (SSSR count). The zero-order chi connectivity index (χ0) is 19.8. The van der Waals surface area contributed by atoms with E-state index in [2.05, 4.69) is 16.8 Å². The molecule has 0 atom stereocenters. The average Bonchev–Trinajstić information content (AvgIpc) is 3.14. The molecule has 28 heavy (non-hydrogen) atoms. The zero-order valence-electron chi connectivity index (χ0n) is 16.1. The van der Waals surface area contributed by atoms with Gasteiger partial charge >= 0.3 is 5.97 Å². The van der Waals surface area contributed by atoms with Gasteiger partial charge in [0.25, 0.3) is 6.01 Å². The summed E-state index contributed by atoms with van der Waals surface area (Å²) in [6, 6.07) is 15.0. The molecule has 6 nitrogen and oxygen atoms in total. The van der Waals surface area contributed by atoms with Gasteiger partial charge in [-0.15, -0.1) is 0 Å². The predicted molar refractivity (Wildman–Crippen MR) is 109 cm³/mol. The zero-order valence-corrected chi connectivity index (χ0v) is 16.1. The standard InChI is InChI=1S/C22H26N2O4/c1-2-3-13-24(22-23-19-11-4-5-12-20(19)28-22)14-6-7-15-27-18-10-8-9-17(16-18)21(25)26/h4-5,8-12,16H,2-3,6-7,13-15H2,1H3,(H,25,26). The van der Waals surface area contributed by atoms with Gasteiger partial charge < -0.3 is 19.2 Å². The number of unbranched alkanes of at least 4 members (excludes halogenated alkanes) is 2.